The van der Waals surface area contributed by atoms with Crippen LogP contribution in [0.5, 0.6) is 0 Å². The predicted molar refractivity (Wildman–Crippen MR) is 131 cm³/mol. The van der Waals surface area contributed by atoms with Crippen LogP contribution >= 0.6 is 11.3 Å². The summed E-state index contributed by atoms with van der Waals surface area (Å²) >= 11 is 1.76. The zero-order chi connectivity index (χ0) is 22.9. The van der Waals surface area contributed by atoms with Crippen LogP contribution in [0.2, 0.25) is 0 Å². The Hall–Kier alpha value is -2.54. The second kappa shape index (κ2) is 9.14. The van der Waals surface area contributed by atoms with Gasteiger partial charge in [0.25, 0.3) is 0 Å². The van der Waals surface area contributed by atoms with Crippen LogP contribution in [0, 0.1) is 5.92 Å². The van der Waals surface area contributed by atoms with Gasteiger partial charge in [-0.2, -0.15) is 0 Å². The molecule has 1 aromatic rings. The number of alkyl carbamates (subject to hydrolysis) is 1. The highest BCUT2D eigenvalue weighted by Gasteiger charge is 2.35. The molecule has 32 heavy (non-hydrogen) atoms. The molecule has 3 aliphatic rings. The molecule has 7 heteroatoms. The number of amides is 1. The molecule has 6 nitrogen and oxygen atoms in total. The number of carbonyl (C=O) groups is 1. The van der Waals surface area contributed by atoms with E-state index in [0.717, 1.165) is 37.5 Å². The molecule has 0 spiro atoms. The number of hydrogen-bond donors (Lipinski definition) is 1. The van der Waals surface area contributed by atoms with Crippen molar-refractivity contribution in [1.29, 1.82) is 0 Å². The van der Waals surface area contributed by atoms with Crippen molar-refractivity contribution in [3.8, 4) is 0 Å². The number of nitrogens with one attached hydrogen (secondary N) is 1. The molecule has 0 aliphatic carbocycles. The van der Waals surface area contributed by atoms with Gasteiger partial charge in [-0.3, -0.25) is 9.89 Å². The lowest BCUT2D eigenvalue weighted by atomic mass is 9.99. The van der Waals surface area contributed by atoms with Gasteiger partial charge in [-0.05, 0) is 57.9 Å². The Labute approximate surface area is 195 Å². The van der Waals surface area contributed by atoms with Crippen LogP contribution in [0.4, 0.5) is 4.79 Å². The predicted octanol–water partition coefficient (Wildman–Crippen LogP) is 5.23. The largest absolute Gasteiger partial charge is 0.444 e. The SMILES string of the molecule is CC1C=C(c2cccs2)N2C=CCC(C)N=C2C(N2CC(NC(=O)OC(C)(C)C)C2)=CC1. The highest BCUT2D eigenvalue weighted by Crippen LogP contribution is 2.34. The fourth-order valence-corrected chi connectivity index (χ4v) is 4.83. The third kappa shape index (κ3) is 5.26. The fourth-order valence-electron chi connectivity index (χ4n) is 4.08. The summed E-state index contributed by atoms with van der Waals surface area (Å²) in [5.41, 5.74) is 1.86. The number of carbonyl (C=O) groups excluding carboxylic acids is 1. The zero-order valence-corrected chi connectivity index (χ0v) is 20.5. The van der Waals surface area contributed by atoms with Gasteiger partial charge in [-0.15, -0.1) is 11.3 Å². The van der Waals surface area contributed by atoms with Crippen LogP contribution in [0.3, 0.4) is 0 Å². The molecule has 1 aromatic heterocycles. The third-order valence-electron chi connectivity index (χ3n) is 5.63. The molecule has 1 fully saturated rings. The van der Waals surface area contributed by atoms with Crippen molar-refractivity contribution in [2.24, 2.45) is 10.9 Å². The molecule has 2 atom stereocenters. The number of nitrogens with zero attached hydrogens (tertiary/aromatic N) is 3. The van der Waals surface area contributed by atoms with E-state index in [9.17, 15) is 4.79 Å². The van der Waals surface area contributed by atoms with Crippen LogP contribution in [-0.4, -0.2) is 52.5 Å². The van der Waals surface area contributed by atoms with E-state index in [1.807, 2.05) is 20.8 Å². The number of likely N-dealkylation sites (tertiary alicyclic amines) is 1. The number of rotatable bonds is 3. The Balaban J connectivity index is 1.56. The molecule has 1 amide bonds. The van der Waals surface area contributed by atoms with Crippen molar-refractivity contribution in [3.63, 3.8) is 0 Å². The lowest BCUT2D eigenvalue weighted by Crippen LogP contribution is -2.60. The summed E-state index contributed by atoms with van der Waals surface area (Å²) in [6, 6.07) is 4.57. The normalized spacial score (nSPS) is 24.2. The van der Waals surface area contributed by atoms with E-state index >= 15 is 0 Å². The van der Waals surface area contributed by atoms with E-state index in [-0.39, 0.29) is 18.2 Å². The van der Waals surface area contributed by atoms with Gasteiger partial charge in [-0.25, -0.2) is 4.79 Å². The summed E-state index contributed by atoms with van der Waals surface area (Å²) in [4.78, 5) is 23.1. The van der Waals surface area contributed by atoms with Crippen LogP contribution in [0.1, 0.15) is 52.3 Å². The van der Waals surface area contributed by atoms with Crippen LogP contribution in [0.25, 0.3) is 5.70 Å². The quantitative estimate of drug-likeness (QED) is 0.680. The molecular weight excluding hydrogens is 420 g/mol. The van der Waals surface area contributed by atoms with Gasteiger partial charge in [0.1, 0.15) is 5.60 Å². The summed E-state index contributed by atoms with van der Waals surface area (Å²) in [5.74, 6) is 1.41. The van der Waals surface area contributed by atoms with Crippen LogP contribution in [0.15, 0.2) is 52.6 Å². The molecule has 1 saturated heterocycles. The summed E-state index contributed by atoms with van der Waals surface area (Å²) in [6.07, 6.45) is 10.6. The van der Waals surface area contributed by atoms with Crippen molar-refractivity contribution in [2.75, 3.05) is 13.1 Å². The highest BCUT2D eigenvalue weighted by molar-refractivity contribution is 7.11. The van der Waals surface area contributed by atoms with E-state index in [2.05, 4.69) is 70.9 Å². The van der Waals surface area contributed by atoms with Gasteiger partial charge in [0.2, 0.25) is 0 Å². The van der Waals surface area contributed by atoms with Crippen molar-refractivity contribution in [3.05, 3.63) is 52.5 Å². The van der Waals surface area contributed by atoms with Gasteiger partial charge in [-0.1, -0.05) is 31.2 Å². The zero-order valence-electron chi connectivity index (χ0n) is 19.7. The molecular formula is C25H34N4O2S. The maximum atomic E-state index is 12.2. The van der Waals surface area contributed by atoms with Crippen LogP contribution in [-0.2, 0) is 4.74 Å². The molecule has 0 bridgehead atoms. The maximum Gasteiger partial charge on any atom is 0.407 e. The van der Waals surface area contributed by atoms with E-state index < -0.39 is 5.60 Å². The molecule has 172 valence electrons. The van der Waals surface area contributed by atoms with E-state index in [1.165, 1.54) is 10.6 Å². The molecule has 0 radical (unpaired) electrons. The van der Waals surface area contributed by atoms with Crippen LogP contribution < -0.4 is 5.32 Å². The number of hydrogen-bond acceptors (Lipinski definition) is 6. The van der Waals surface area contributed by atoms with Gasteiger partial charge in [0.05, 0.1) is 28.4 Å². The fraction of sp³-hybridized carbons (Fsp3) is 0.520. The molecule has 4 rings (SSSR count). The molecule has 0 saturated carbocycles. The second-order valence-corrected chi connectivity index (χ2v) is 10.8. The van der Waals surface area contributed by atoms with E-state index in [0.29, 0.717) is 5.92 Å². The minimum atomic E-state index is -0.492. The second-order valence-electron chi connectivity index (χ2n) is 9.87. The number of allylic oxidation sites excluding steroid dienone is 2. The average molecular weight is 455 g/mol. The number of fused-ring (bicyclic) bond motifs is 1. The Kier molecular flexibility index (Phi) is 6.47. The first-order valence-corrected chi connectivity index (χ1v) is 12.3. The summed E-state index contributed by atoms with van der Waals surface area (Å²) in [5, 5.41) is 5.12. The maximum absolute atomic E-state index is 12.2. The summed E-state index contributed by atoms with van der Waals surface area (Å²) < 4.78 is 5.42. The molecule has 0 aromatic carbocycles. The smallest absolute Gasteiger partial charge is 0.407 e. The minimum absolute atomic E-state index is 0.0775. The number of thiophene rings is 1. The van der Waals surface area contributed by atoms with Gasteiger partial charge in [0.15, 0.2) is 5.84 Å². The standard InChI is InChI=1S/C25H34N4O2S/c1-17-10-11-20(28-15-19(16-28)27-24(30)31-25(3,4)5)23-26-18(2)8-6-12-29(23)21(14-17)22-9-7-13-32-22/h6-7,9,11-14,17-19H,8,10,15-16H2,1-5H3,(H,27,30). The van der Waals surface area contributed by atoms with Crippen molar-refractivity contribution >= 4 is 29.0 Å². The first-order chi connectivity index (χ1) is 15.2. The third-order valence-corrected chi connectivity index (χ3v) is 6.53. The first kappa shape index (κ1) is 22.6. The number of ether oxygens (including phenoxy) is 1. The Morgan fingerprint density at radius 3 is 2.69 bits per heavy atom. The lowest BCUT2D eigenvalue weighted by Gasteiger charge is -2.44. The van der Waals surface area contributed by atoms with E-state index in [1.54, 1.807) is 11.3 Å². The lowest BCUT2D eigenvalue weighted by molar-refractivity contribution is 0.0438. The van der Waals surface area contributed by atoms with E-state index in [4.69, 9.17) is 9.73 Å². The van der Waals surface area contributed by atoms with Gasteiger partial charge >= 0.3 is 6.09 Å². The Morgan fingerprint density at radius 1 is 1.22 bits per heavy atom. The average Bonchev–Trinajstić information content (AvgIpc) is 3.12. The van der Waals surface area contributed by atoms with Crippen molar-refractivity contribution in [2.45, 2.75) is 65.1 Å². The number of aliphatic imine (C=N–C) groups is 1. The summed E-state index contributed by atoms with van der Waals surface area (Å²) in [7, 11) is 0. The minimum Gasteiger partial charge on any atom is -0.444 e. The van der Waals surface area contributed by atoms with Crippen molar-refractivity contribution in [1.82, 2.24) is 15.1 Å². The number of amidine groups is 1. The monoisotopic (exact) mass is 454 g/mol. The first-order valence-electron chi connectivity index (χ1n) is 11.4. The molecule has 4 heterocycles. The topological polar surface area (TPSA) is 57.2 Å². The molecule has 2 unspecified atom stereocenters. The molecule has 3 aliphatic heterocycles. The summed E-state index contributed by atoms with van der Waals surface area (Å²) in [6.45, 7) is 11.6. The Bertz CT molecular complexity index is 949. The van der Waals surface area contributed by atoms with Crippen molar-refractivity contribution < 1.29 is 9.53 Å². The van der Waals surface area contributed by atoms with Gasteiger partial charge in [0, 0.05) is 19.3 Å². The molecule has 1 N–H and O–H groups in total. The van der Waals surface area contributed by atoms with Gasteiger partial charge < -0.3 is 15.0 Å². The Morgan fingerprint density at radius 2 is 2.00 bits per heavy atom. The highest BCUT2D eigenvalue weighted by atomic mass is 32.1.